The van der Waals surface area contributed by atoms with E-state index in [9.17, 15) is 0 Å². The van der Waals surface area contributed by atoms with Crippen molar-refractivity contribution in [3.63, 3.8) is 0 Å². The molecule has 2 aromatic rings. The zero-order valence-electron chi connectivity index (χ0n) is 11.3. The van der Waals surface area contributed by atoms with Gasteiger partial charge in [-0.3, -0.25) is 0 Å². The summed E-state index contributed by atoms with van der Waals surface area (Å²) in [5, 5.41) is 0. The van der Waals surface area contributed by atoms with Crippen molar-refractivity contribution in [3.8, 4) is 0 Å². The first-order valence-corrected chi connectivity index (χ1v) is 7.87. The van der Waals surface area contributed by atoms with E-state index in [-0.39, 0.29) is 0 Å². The quantitative estimate of drug-likeness (QED) is 0.784. The van der Waals surface area contributed by atoms with Crippen LogP contribution in [-0.2, 0) is 0 Å². The van der Waals surface area contributed by atoms with Crippen LogP contribution in [0.3, 0.4) is 0 Å². The van der Waals surface area contributed by atoms with Crippen molar-refractivity contribution in [2.24, 2.45) is 5.92 Å². The average molecular weight is 322 g/mol. The van der Waals surface area contributed by atoms with Crippen molar-refractivity contribution in [2.75, 3.05) is 5.73 Å². The SMILES string of the molecule is CC1CCCC(n2c(N)nc3ccc(Br)cc32)CC1. The molecule has 0 spiro atoms. The van der Waals surface area contributed by atoms with Crippen molar-refractivity contribution < 1.29 is 0 Å². The highest BCUT2D eigenvalue weighted by atomic mass is 79.9. The lowest BCUT2D eigenvalue weighted by atomic mass is 10.0. The molecule has 0 saturated heterocycles. The molecule has 2 atom stereocenters. The Labute approximate surface area is 122 Å². The summed E-state index contributed by atoms with van der Waals surface area (Å²) < 4.78 is 3.33. The largest absolute Gasteiger partial charge is 0.369 e. The highest BCUT2D eigenvalue weighted by Crippen LogP contribution is 2.35. The van der Waals surface area contributed by atoms with Gasteiger partial charge in [-0.2, -0.15) is 0 Å². The molecular formula is C15H20BrN3. The summed E-state index contributed by atoms with van der Waals surface area (Å²) in [6, 6.07) is 6.69. The fraction of sp³-hybridized carbons (Fsp3) is 0.533. The second-order valence-electron chi connectivity index (χ2n) is 5.74. The molecule has 1 fully saturated rings. The zero-order valence-corrected chi connectivity index (χ0v) is 12.9. The highest BCUT2D eigenvalue weighted by molar-refractivity contribution is 9.10. The summed E-state index contributed by atoms with van der Waals surface area (Å²) in [5.74, 6) is 1.50. The van der Waals surface area contributed by atoms with E-state index in [1.165, 1.54) is 32.1 Å². The monoisotopic (exact) mass is 321 g/mol. The molecule has 102 valence electrons. The smallest absolute Gasteiger partial charge is 0.201 e. The fourth-order valence-electron chi connectivity index (χ4n) is 3.19. The summed E-state index contributed by atoms with van der Waals surface area (Å²) in [6.07, 6.45) is 6.35. The molecule has 0 radical (unpaired) electrons. The molecule has 1 aromatic carbocycles. The van der Waals surface area contributed by atoms with Crippen LogP contribution in [0.15, 0.2) is 22.7 Å². The van der Waals surface area contributed by atoms with Crippen molar-refractivity contribution in [3.05, 3.63) is 22.7 Å². The van der Waals surface area contributed by atoms with Gasteiger partial charge in [0.05, 0.1) is 11.0 Å². The lowest BCUT2D eigenvalue weighted by Gasteiger charge is -2.18. The predicted molar refractivity (Wildman–Crippen MR) is 83.1 cm³/mol. The van der Waals surface area contributed by atoms with Crippen molar-refractivity contribution in [1.29, 1.82) is 0 Å². The first kappa shape index (κ1) is 13.0. The number of imidazole rings is 1. The van der Waals surface area contributed by atoms with E-state index in [0.29, 0.717) is 12.0 Å². The van der Waals surface area contributed by atoms with E-state index in [1.807, 2.05) is 12.1 Å². The van der Waals surface area contributed by atoms with E-state index in [4.69, 9.17) is 5.73 Å². The lowest BCUT2D eigenvalue weighted by molar-refractivity contribution is 0.445. The molecule has 2 unspecified atom stereocenters. The maximum absolute atomic E-state index is 6.16. The molecule has 1 saturated carbocycles. The molecule has 1 aliphatic rings. The molecule has 1 aliphatic carbocycles. The van der Waals surface area contributed by atoms with E-state index >= 15 is 0 Å². The second kappa shape index (κ2) is 5.16. The van der Waals surface area contributed by atoms with Gasteiger partial charge in [-0.1, -0.05) is 35.7 Å². The van der Waals surface area contributed by atoms with Gasteiger partial charge < -0.3 is 10.3 Å². The van der Waals surface area contributed by atoms with Crippen LogP contribution in [0.4, 0.5) is 5.95 Å². The van der Waals surface area contributed by atoms with Gasteiger partial charge >= 0.3 is 0 Å². The van der Waals surface area contributed by atoms with Gasteiger partial charge in [0.15, 0.2) is 0 Å². The van der Waals surface area contributed by atoms with Crippen molar-refractivity contribution in [1.82, 2.24) is 9.55 Å². The molecule has 0 amide bonds. The second-order valence-corrected chi connectivity index (χ2v) is 6.66. The van der Waals surface area contributed by atoms with Crippen molar-refractivity contribution in [2.45, 2.75) is 45.1 Å². The Morgan fingerprint density at radius 2 is 2.11 bits per heavy atom. The number of hydrogen-bond acceptors (Lipinski definition) is 2. The summed E-state index contributed by atoms with van der Waals surface area (Å²) in [7, 11) is 0. The maximum Gasteiger partial charge on any atom is 0.201 e. The molecule has 0 bridgehead atoms. The minimum Gasteiger partial charge on any atom is -0.369 e. The van der Waals surface area contributed by atoms with Gasteiger partial charge in [0, 0.05) is 10.5 Å². The summed E-state index contributed by atoms with van der Waals surface area (Å²) >= 11 is 3.54. The Hall–Kier alpha value is -1.03. The van der Waals surface area contributed by atoms with Crippen LogP contribution in [0.2, 0.25) is 0 Å². The number of anilines is 1. The molecule has 2 N–H and O–H groups in total. The van der Waals surface area contributed by atoms with Crippen LogP contribution >= 0.6 is 15.9 Å². The molecule has 3 rings (SSSR count). The first-order chi connectivity index (χ1) is 9.15. The molecule has 0 aliphatic heterocycles. The Morgan fingerprint density at radius 3 is 2.95 bits per heavy atom. The third kappa shape index (κ3) is 2.50. The molecule has 4 heteroatoms. The highest BCUT2D eigenvalue weighted by Gasteiger charge is 2.21. The van der Waals surface area contributed by atoms with Gasteiger partial charge in [-0.05, 0) is 43.4 Å². The Morgan fingerprint density at radius 1 is 1.26 bits per heavy atom. The van der Waals surface area contributed by atoms with E-state index in [0.717, 1.165) is 21.4 Å². The third-order valence-electron chi connectivity index (χ3n) is 4.27. The Balaban J connectivity index is 2.03. The van der Waals surface area contributed by atoms with Gasteiger partial charge in [-0.25, -0.2) is 4.98 Å². The third-order valence-corrected chi connectivity index (χ3v) is 4.76. The summed E-state index contributed by atoms with van der Waals surface area (Å²) in [6.45, 7) is 2.36. The Kier molecular flexibility index (Phi) is 3.52. The predicted octanol–water partition coefficient (Wildman–Crippen LogP) is 4.52. The molecule has 3 nitrogen and oxygen atoms in total. The van der Waals surface area contributed by atoms with Gasteiger partial charge in [0.25, 0.3) is 0 Å². The van der Waals surface area contributed by atoms with E-state index < -0.39 is 0 Å². The van der Waals surface area contributed by atoms with Gasteiger partial charge in [0.2, 0.25) is 5.95 Å². The van der Waals surface area contributed by atoms with Gasteiger partial charge in [-0.15, -0.1) is 0 Å². The summed E-state index contributed by atoms with van der Waals surface area (Å²) in [5.41, 5.74) is 8.31. The molecular weight excluding hydrogens is 302 g/mol. The van der Waals surface area contributed by atoms with Crippen LogP contribution in [0, 0.1) is 5.92 Å². The lowest BCUT2D eigenvalue weighted by Crippen LogP contribution is -2.11. The molecule has 1 aromatic heterocycles. The van der Waals surface area contributed by atoms with Crippen LogP contribution in [0.25, 0.3) is 11.0 Å². The number of nitrogen functional groups attached to an aromatic ring is 1. The number of fused-ring (bicyclic) bond motifs is 1. The van der Waals surface area contributed by atoms with E-state index in [2.05, 4.69) is 38.5 Å². The summed E-state index contributed by atoms with van der Waals surface area (Å²) in [4.78, 5) is 4.50. The minimum atomic E-state index is 0.504. The number of rotatable bonds is 1. The topological polar surface area (TPSA) is 43.8 Å². The first-order valence-electron chi connectivity index (χ1n) is 7.08. The number of hydrogen-bond donors (Lipinski definition) is 1. The van der Waals surface area contributed by atoms with Crippen molar-refractivity contribution >= 4 is 32.9 Å². The van der Waals surface area contributed by atoms with Crippen LogP contribution in [0.1, 0.15) is 45.1 Å². The number of aromatic nitrogens is 2. The number of halogens is 1. The maximum atomic E-state index is 6.16. The fourth-order valence-corrected chi connectivity index (χ4v) is 3.54. The number of nitrogens with two attached hydrogens (primary N) is 1. The van der Waals surface area contributed by atoms with Crippen LogP contribution < -0.4 is 5.73 Å². The minimum absolute atomic E-state index is 0.504. The standard InChI is InChI=1S/C15H20BrN3/c1-10-3-2-4-12(7-5-10)19-14-9-11(16)6-8-13(14)18-15(19)17/h6,8-10,12H,2-5,7H2,1H3,(H2,17,18). The Bertz CT molecular complexity index is 590. The van der Waals surface area contributed by atoms with E-state index in [1.54, 1.807) is 0 Å². The van der Waals surface area contributed by atoms with Crippen LogP contribution in [-0.4, -0.2) is 9.55 Å². The molecule has 1 heterocycles. The zero-order chi connectivity index (χ0) is 13.4. The average Bonchev–Trinajstić information content (AvgIpc) is 2.55. The normalized spacial score (nSPS) is 24.5. The van der Waals surface area contributed by atoms with Gasteiger partial charge in [0.1, 0.15) is 0 Å². The molecule has 19 heavy (non-hydrogen) atoms. The van der Waals surface area contributed by atoms with Crippen LogP contribution in [0.5, 0.6) is 0 Å². The number of nitrogens with zero attached hydrogens (tertiary/aromatic N) is 2. The number of benzene rings is 1.